The van der Waals surface area contributed by atoms with E-state index in [1.165, 1.54) is 0 Å². The normalized spacial score (nSPS) is 11.2. The second-order valence-corrected chi connectivity index (χ2v) is 8.65. The predicted molar refractivity (Wildman–Crippen MR) is 122 cm³/mol. The largest absolute Gasteiger partial charge is 0.483 e. The lowest BCUT2D eigenvalue weighted by Gasteiger charge is -2.23. The molecule has 0 radical (unpaired) electrons. The van der Waals surface area contributed by atoms with Gasteiger partial charge in [-0.2, -0.15) is 0 Å². The molecule has 0 spiro atoms. The number of amides is 1. The van der Waals surface area contributed by atoms with Gasteiger partial charge in [-0.15, -0.1) is 0 Å². The third-order valence-electron chi connectivity index (χ3n) is 4.59. The van der Waals surface area contributed by atoms with E-state index < -0.39 is 0 Å². The van der Waals surface area contributed by atoms with Crippen molar-refractivity contribution in [2.75, 3.05) is 11.9 Å². The van der Waals surface area contributed by atoms with Crippen molar-refractivity contribution in [1.29, 1.82) is 0 Å². The van der Waals surface area contributed by atoms with Gasteiger partial charge in [-0.1, -0.05) is 44.5 Å². The summed E-state index contributed by atoms with van der Waals surface area (Å²) >= 11 is 0. The summed E-state index contributed by atoms with van der Waals surface area (Å²) < 4.78 is 11.6. The number of carbonyl (C=O) groups is 1. The molecule has 3 rings (SSSR count). The fraction of sp³-hybridized carbons (Fsp3) is 0.320. The van der Waals surface area contributed by atoms with Crippen LogP contribution in [0.1, 0.15) is 43.3 Å². The summed E-state index contributed by atoms with van der Waals surface area (Å²) in [5.74, 6) is 1.01. The van der Waals surface area contributed by atoms with E-state index in [-0.39, 0.29) is 23.9 Å². The highest BCUT2D eigenvalue weighted by Crippen LogP contribution is 2.32. The van der Waals surface area contributed by atoms with Gasteiger partial charge in [-0.05, 0) is 56.0 Å². The first kappa shape index (κ1) is 22.3. The van der Waals surface area contributed by atoms with E-state index in [1.807, 2.05) is 39.0 Å². The van der Waals surface area contributed by atoms with Gasteiger partial charge in [0, 0.05) is 23.1 Å². The van der Waals surface area contributed by atoms with Gasteiger partial charge in [0.15, 0.2) is 6.61 Å². The Morgan fingerprint density at radius 1 is 0.968 bits per heavy atom. The van der Waals surface area contributed by atoms with E-state index in [2.05, 4.69) is 42.1 Å². The average molecular weight is 420 g/mol. The summed E-state index contributed by atoms with van der Waals surface area (Å²) in [6.07, 6.45) is 0. The van der Waals surface area contributed by atoms with Crippen LogP contribution in [0.2, 0.25) is 0 Å². The average Bonchev–Trinajstić information content (AvgIpc) is 2.65. The van der Waals surface area contributed by atoms with Crippen LogP contribution in [0.25, 0.3) is 0 Å². The van der Waals surface area contributed by atoms with Crippen LogP contribution in [0.4, 0.5) is 5.69 Å². The van der Waals surface area contributed by atoms with Crippen LogP contribution >= 0.6 is 0 Å². The maximum Gasteiger partial charge on any atom is 0.322 e. The van der Waals surface area contributed by atoms with Crippen molar-refractivity contribution in [3.05, 3.63) is 71.0 Å². The molecular formula is C25H29N3O3. The van der Waals surface area contributed by atoms with Crippen LogP contribution in [0.3, 0.4) is 0 Å². The summed E-state index contributed by atoms with van der Waals surface area (Å²) in [5.41, 5.74) is 4.41. The second-order valence-electron chi connectivity index (χ2n) is 8.65. The van der Waals surface area contributed by atoms with Gasteiger partial charge in [-0.3, -0.25) is 4.79 Å². The molecular weight excluding hydrogens is 390 g/mol. The van der Waals surface area contributed by atoms with Crippen molar-refractivity contribution in [2.24, 2.45) is 0 Å². The van der Waals surface area contributed by atoms with E-state index >= 15 is 0 Å². The Bertz CT molecular complexity index is 1070. The fourth-order valence-corrected chi connectivity index (χ4v) is 3.18. The molecule has 1 heterocycles. The Morgan fingerprint density at radius 3 is 2.35 bits per heavy atom. The Balaban J connectivity index is 1.65. The molecule has 3 aromatic rings. The Hall–Kier alpha value is -3.41. The van der Waals surface area contributed by atoms with Crippen molar-refractivity contribution < 1.29 is 14.3 Å². The molecule has 0 atom stereocenters. The number of benzene rings is 2. The summed E-state index contributed by atoms with van der Waals surface area (Å²) in [5, 5.41) is 2.85. The SMILES string of the molecule is Cc1ccc(OCC(=O)Nc2cccc(Oc3nc(C)cc(C)n3)c2)c(C(C)(C)C)c1. The highest BCUT2D eigenvalue weighted by Gasteiger charge is 2.19. The molecule has 0 aliphatic heterocycles. The zero-order valence-corrected chi connectivity index (χ0v) is 18.9. The Kier molecular flexibility index (Phi) is 6.59. The van der Waals surface area contributed by atoms with Gasteiger partial charge in [0.05, 0.1) is 0 Å². The molecule has 1 N–H and O–H groups in total. The van der Waals surface area contributed by atoms with Gasteiger partial charge in [-0.25, -0.2) is 9.97 Å². The van der Waals surface area contributed by atoms with E-state index in [1.54, 1.807) is 24.3 Å². The van der Waals surface area contributed by atoms with Crippen molar-refractivity contribution in [3.63, 3.8) is 0 Å². The molecule has 0 bridgehead atoms. The van der Waals surface area contributed by atoms with Crippen molar-refractivity contribution in [3.8, 4) is 17.5 Å². The number of anilines is 1. The predicted octanol–water partition coefficient (Wildman–Crippen LogP) is 5.51. The third kappa shape index (κ3) is 6.28. The number of ether oxygens (including phenoxy) is 2. The molecule has 1 aromatic heterocycles. The minimum absolute atomic E-state index is 0.0836. The van der Waals surface area contributed by atoms with Crippen LogP contribution in [-0.4, -0.2) is 22.5 Å². The van der Waals surface area contributed by atoms with Gasteiger partial charge in [0.1, 0.15) is 11.5 Å². The van der Waals surface area contributed by atoms with Crippen LogP contribution < -0.4 is 14.8 Å². The number of aryl methyl sites for hydroxylation is 3. The Morgan fingerprint density at radius 2 is 1.68 bits per heavy atom. The molecule has 0 saturated heterocycles. The molecule has 0 fully saturated rings. The van der Waals surface area contributed by atoms with Gasteiger partial charge in [0.2, 0.25) is 0 Å². The lowest BCUT2D eigenvalue weighted by atomic mass is 9.85. The number of aromatic nitrogens is 2. The first-order valence-electron chi connectivity index (χ1n) is 10.2. The van der Waals surface area contributed by atoms with Crippen LogP contribution in [0.15, 0.2) is 48.5 Å². The second kappa shape index (κ2) is 9.16. The topological polar surface area (TPSA) is 73.3 Å². The van der Waals surface area contributed by atoms with E-state index in [4.69, 9.17) is 9.47 Å². The van der Waals surface area contributed by atoms with Gasteiger partial charge in [0.25, 0.3) is 5.91 Å². The van der Waals surface area contributed by atoms with Gasteiger partial charge < -0.3 is 14.8 Å². The molecule has 0 saturated carbocycles. The van der Waals surface area contributed by atoms with E-state index in [0.29, 0.717) is 11.4 Å². The Labute approximate surface area is 183 Å². The number of carbonyl (C=O) groups excluding carboxylic acids is 1. The van der Waals surface area contributed by atoms with Crippen molar-refractivity contribution in [1.82, 2.24) is 9.97 Å². The molecule has 1 amide bonds. The lowest BCUT2D eigenvalue weighted by molar-refractivity contribution is -0.118. The fourth-order valence-electron chi connectivity index (χ4n) is 3.18. The number of nitrogens with zero attached hydrogens (tertiary/aromatic N) is 2. The summed E-state index contributed by atoms with van der Waals surface area (Å²) in [4.78, 5) is 21.0. The zero-order chi connectivity index (χ0) is 22.6. The molecule has 162 valence electrons. The summed E-state index contributed by atoms with van der Waals surface area (Å²) in [6, 6.07) is 15.3. The molecule has 2 aromatic carbocycles. The van der Waals surface area contributed by atoms with Crippen LogP contribution in [0, 0.1) is 20.8 Å². The number of hydrogen-bond donors (Lipinski definition) is 1. The first-order valence-corrected chi connectivity index (χ1v) is 10.2. The maximum atomic E-state index is 12.5. The lowest BCUT2D eigenvalue weighted by Crippen LogP contribution is -2.22. The van der Waals surface area contributed by atoms with Crippen LogP contribution in [-0.2, 0) is 10.2 Å². The quantitative estimate of drug-likeness (QED) is 0.570. The third-order valence-corrected chi connectivity index (χ3v) is 4.59. The zero-order valence-electron chi connectivity index (χ0n) is 18.9. The number of nitrogens with one attached hydrogen (secondary N) is 1. The maximum absolute atomic E-state index is 12.5. The summed E-state index contributed by atoms with van der Waals surface area (Å²) in [6.45, 7) is 12.1. The molecule has 0 aliphatic carbocycles. The van der Waals surface area contributed by atoms with Crippen LogP contribution in [0.5, 0.6) is 17.5 Å². The standard InChI is InChI=1S/C25H29N3O3/c1-16-10-11-22(21(12-16)25(4,5)6)30-15-23(29)28-19-8-7-9-20(14-19)31-24-26-17(2)13-18(3)27-24/h7-14H,15H2,1-6H3,(H,28,29). The molecule has 6 nitrogen and oxygen atoms in total. The van der Waals surface area contributed by atoms with Crippen molar-refractivity contribution in [2.45, 2.75) is 47.0 Å². The van der Waals surface area contributed by atoms with E-state index in [0.717, 1.165) is 28.3 Å². The highest BCUT2D eigenvalue weighted by molar-refractivity contribution is 5.92. The highest BCUT2D eigenvalue weighted by atomic mass is 16.5. The molecule has 0 aliphatic rings. The number of rotatable bonds is 6. The van der Waals surface area contributed by atoms with E-state index in [9.17, 15) is 4.79 Å². The molecule has 0 unspecified atom stereocenters. The first-order chi connectivity index (χ1) is 14.6. The van der Waals surface area contributed by atoms with Crippen molar-refractivity contribution >= 4 is 11.6 Å². The monoisotopic (exact) mass is 419 g/mol. The minimum atomic E-state index is -0.250. The van der Waals surface area contributed by atoms with Gasteiger partial charge >= 0.3 is 6.01 Å². The molecule has 31 heavy (non-hydrogen) atoms. The molecule has 6 heteroatoms. The number of hydrogen-bond acceptors (Lipinski definition) is 5. The minimum Gasteiger partial charge on any atom is -0.483 e. The summed E-state index contributed by atoms with van der Waals surface area (Å²) in [7, 11) is 0. The smallest absolute Gasteiger partial charge is 0.322 e.